The Morgan fingerprint density at radius 1 is 0.250 bits per heavy atom. The van der Waals surface area contributed by atoms with Gasteiger partial charge < -0.3 is 0 Å². The molecule has 88 heavy (non-hydrogen) atoms. The first-order valence-electron chi connectivity index (χ1n) is 35.5. The molecule has 13 aromatic carbocycles. The molecule has 1 unspecified atom stereocenters. The van der Waals surface area contributed by atoms with Crippen LogP contribution in [-0.2, 0) is 0 Å². The van der Waals surface area contributed by atoms with E-state index in [4.69, 9.17) is 19.1 Å². The predicted molar refractivity (Wildman–Crippen MR) is 372 cm³/mol. The van der Waals surface area contributed by atoms with E-state index in [1.165, 1.54) is 0 Å². The van der Waals surface area contributed by atoms with Crippen LogP contribution in [0.25, 0.3) is 89.2 Å². The molecule has 0 amide bonds. The second-order valence-electron chi connectivity index (χ2n) is 21.6. The molecule has 16 rings (SSSR count). The molecule has 0 saturated carbocycles. The summed E-state index contributed by atoms with van der Waals surface area (Å²) >= 11 is 0. The van der Waals surface area contributed by atoms with E-state index in [2.05, 4.69) is 6.07 Å². The highest BCUT2D eigenvalue weighted by atomic mass is 28.3. The molecule has 0 bridgehead atoms. The SMILES string of the molecule is [2H]c1c([2H])c([2H])c(-c2cccc([Si](c3ccccc3)(c3c([2H])c([2H])c([2H])c([2H])c3[2H])c3c([2H])c(-c4nc(-n5c6ccccc6c6ccccc65)nc(-n5c6ccccc6c6ccccc65)n4)c([2H])c([Si](c4ccccc4)(c4ccccc4)c4cccc(-c5ccccc5)c4)c3[2H])c2)c([2H])c1[2H]. The molecule has 16 aromatic rings. The molecule has 3 aromatic heterocycles. The lowest BCUT2D eigenvalue weighted by Gasteiger charge is -2.38. The van der Waals surface area contributed by atoms with E-state index in [-0.39, 0.29) is 67.2 Å². The van der Waals surface area contributed by atoms with Gasteiger partial charge in [0.1, 0.15) is 0 Å². The molecule has 0 aliphatic carbocycles. The quantitative estimate of drug-likeness (QED) is 0.0854. The third kappa shape index (κ3) is 8.70. The Balaban J connectivity index is 1.18. The first-order chi connectivity index (χ1) is 49.1. The molecule has 0 aliphatic rings. The van der Waals surface area contributed by atoms with Crippen molar-refractivity contribution in [3.63, 3.8) is 0 Å². The fourth-order valence-electron chi connectivity index (χ4n) is 13.1. The first-order valence-corrected chi connectivity index (χ1v) is 33.0. The highest BCUT2D eigenvalue weighted by Crippen LogP contribution is 2.35. The zero-order valence-corrected chi connectivity index (χ0v) is 49.1. The second-order valence-corrected chi connectivity index (χ2v) is 29.0. The van der Waals surface area contributed by atoms with Crippen LogP contribution in [0.4, 0.5) is 0 Å². The zero-order chi connectivity index (χ0) is 69.8. The number of nitrogens with zero attached hydrogens (tertiary/aromatic N) is 5. The number of hydrogen-bond acceptors (Lipinski definition) is 3. The smallest absolute Gasteiger partial charge is 0.240 e. The lowest BCUT2D eigenvalue weighted by molar-refractivity contribution is 0.893. The van der Waals surface area contributed by atoms with Gasteiger partial charge in [-0.15, -0.1) is 0 Å². The van der Waals surface area contributed by atoms with Crippen LogP contribution in [0.2, 0.25) is 0 Å². The minimum atomic E-state index is -5.21. The van der Waals surface area contributed by atoms with E-state index < -0.39 is 82.6 Å². The van der Waals surface area contributed by atoms with Gasteiger partial charge in [0.25, 0.3) is 0 Å². The first kappa shape index (κ1) is 40.3. The minimum Gasteiger partial charge on any atom is -0.278 e. The Bertz CT molecular complexity index is 5700. The van der Waals surface area contributed by atoms with Crippen molar-refractivity contribution in [3.8, 4) is 45.5 Å². The number of para-hydroxylation sites is 4. The summed E-state index contributed by atoms with van der Waals surface area (Å²) in [4.78, 5) is 16.7. The van der Waals surface area contributed by atoms with Crippen LogP contribution in [0.15, 0.2) is 345 Å². The van der Waals surface area contributed by atoms with Crippen LogP contribution in [0, 0.1) is 0 Å². The number of benzene rings is 13. The molecule has 0 N–H and O–H groups in total. The Hall–Kier alpha value is -11.1. The summed E-state index contributed by atoms with van der Waals surface area (Å²) in [5.41, 5.74) is 4.49. The fraction of sp³-hybridized carbons (Fsp3) is 0. The van der Waals surface area contributed by atoms with Crippen LogP contribution in [0.1, 0.15) is 17.8 Å². The van der Waals surface area contributed by atoms with Gasteiger partial charge in [-0.25, -0.2) is 0 Å². The van der Waals surface area contributed by atoms with Crippen LogP contribution >= 0.6 is 0 Å². The molecule has 0 fully saturated rings. The fourth-order valence-corrected chi connectivity index (χ4v) is 22.1. The lowest BCUT2D eigenvalue weighted by Crippen LogP contribution is -2.78. The van der Waals surface area contributed by atoms with E-state index in [9.17, 15) is 13.7 Å². The minimum absolute atomic E-state index is 0.110. The normalized spacial score (nSPS) is 14.5. The van der Waals surface area contributed by atoms with E-state index in [1.54, 1.807) is 54.6 Å². The van der Waals surface area contributed by atoms with Gasteiger partial charge in [0.05, 0.1) is 39.9 Å². The summed E-state index contributed by atoms with van der Waals surface area (Å²) in [6, 6.07) is 77.4. The van der Waals surface area contributed by atoms with Crippen molar-refractivity contribution in [3.05, 3.63) is 345 Å². The molecule has 3 heterocycles. The van der Waals surface area contributed by atoms with Crippen LogP contribution < -0.4 is 41.5 Å². The molecular formula is C81H57N5Si2. The van der Waals surface area contributed by atoms with Gasteiger partial charge in [-0.05, 0) is 88.0 Å². The Kier molecular flexibility index (Phi) is 10.1. The van der Waals surface area contributed by atoms with Crippen LogP contribution in [-0.4, -0.2) is 40.2 Å². The van der Waals surface area contributed by atoms with E-state index >= 15 is 0 Å². The van der Waals surface area contributed by atoms with Gasteiger partial charge in [0.15, 0.2) is 22.0 Å². The standard InChI is InChI=1S/C81H57N5Si2/c1-7-29-58(30-8-1)60-33-27-43-67(53-60)87(63-35-11-3-12-36-63,64-37-13-4-14-38-64)69-55-62(56-70(57-69)88(65-39-15-5-16-40-65,66-41-17-6-18-42-66)68-44-28-34-61(54-68)59-31-9-2-10-32-59)79-82-80(85-75-49-23-19-45-71(75)72-46-20-24-50-76(72)85)84-81(83-79)86-77-51-25-21-47-73(77)74-48-22-26-52-78(74)86/h1-57H/i1D,3D,7D,8D,11D,12D,29D,30D,35D,36D,55D,56D,57D. The van der Waals surface area contributed by atoms with Crippen molar-refractivity contribution in [2.24, 2.45) is 0 Å². The summed E-state index contributed by atoms with van der Waals surface area (Å²) in [6.45, 7) is 0. The monoisotopic (exact) mass is 1170 g/mol. The van der Waals surface area contributed by atoms with Gasteiger partial charge in [0, 0.05) is 27.1 Å². The van der Waals surface area contributed by atoms with Crippen LogP contribution in [0.3, 0.4) is 0 Å². The van der Waals surface area contributed by atoms with Crippen molar-refractivity contribution in [2.45, 2.75) is 0 Å². The largest absolute Gasteiger partial charge is 0.278 e. The number of fused-ring (bicyclic) bond motifs is 6. The molecule has 414 valence electrons. The highest BCUT2D eigenvalue weighted by Gasteiger charge is 2.46. The second kappa shape index (κ2) is 22.1. The van der Waals surface area contributed by atoms with Crippen molar-refractivity contribution in [1.29, 1.82) is 0 Å². The molecule has 0 aliphatic heterocycles. The lowest BCUT2D eigenvalue weighted by atomic mass is 10.1. The summed E-state index contributed by atoms with van der Waals surface area (Å²) in [7, 11) is -9.62. The number of aromatic nitrogens is 5. The zero-order valence-electron chi connectivity index (χ0n) is 60.1. The average molecular weight is 1170 g/mol. The molecule has 0 radical (unpaired) electrons. The topological polar surface area (TPSA) is 48.5 Å². The third-order valence-corrected chi connectivity index (χ3v) is 25.8. The number of rotatable bonds is 13. The van der Waals surface area contributed by atoms with E-state index in [0.717, 1.165) is 70.3 Å². The van der Waals surface area contributed by atoms with E-state index in [1.807, 2.05) is 215 Å². The third-order valence-electron chi connectivity index (χ3n) is 16.9. The predicted octanol–water partition coefficient (Wildman–Crippen LogP) is 13.8. The summed E-state index contributed by atoms with van der Waals surface area (Å²) in [5, 5.41) is 6.17. The Morgan fingerprint density at radius 3 is 1.02 bits per heavy atom. The van der Waals surface area contributed by atoms with Gasteiger partial charge >= 0.3 is 0 Å². The average Bonchev–Trinajstić information content (AvgIpc) is 1.14. The summed E-state index contributed by atoms with van der Waals surface area (Å²) in [5.74, 6) is 0.0859. The van der Waals surface area contributed by atoms with E-state index in [0.29, 0.717) is 5.19 Å². The van der Waals surface area contributed by atoms with Gasteiger partial charge in [-0.1, -0.05) is 321 Å². The van der Waals surface area contributed by atoms with Gasteiger partial charge in [-0.3, -0.25) is 9.13 Å². The molecule has 0 saturated heterocycles. The molecule has 5 nitrogen and oxygen atoms in total. The Labute approximate surface area is 531 Å². The van der Waals surface area contributed by atoms with Crippen LogP contribution in [0.5, 0.6) is 0 Å². The van der Waals surface area contributed by atoms with Crippen molar-refractivity contribution in [2.75, 3.05) is 0 Å². The summed E-state index contributed by atoms with van der Waals surface area (Å²) in [6.07, 6.45) is 0. The van der Waals surface area contributed by atoms with Crippen molar-refractivity contribution < 1.29 is 17.8 Å². The summed E-state index contributed by atoms with van der Waals surface area (Å²) < 4.78 is 134. The van der Waals surface area contributed by atoms with Gasteiger partial charge in [0.2, 0.25) is 11.9 Å². The maximum atomic E-state index is 11.9. The highest BCUT2D eigenvalue weighted by molar-refractivity contribution is 7.22. The molecule has 1 atom stereocenters. The maximum Gasteiger partial charge on any atom is 0.240 e. The van der Waals surface area contributed by atoms with Crippen molar-refractivity contribution >= 4 is 101 Å². The maximum absolute atomic E-state index is 11.9. The van der Waals surface area contributed by atoms with Crippen molar-refractivity contribution in [1.82, 2.24) is 24.1 Å². The molecule has 0 spiro atoms. The molecule has 7 heteroatoms. The molecular weight excluding hydrogens is 1100 g/mol. The van der Waals surface area contributed by atoms with Gasteiger partial charge in [-0.2, -0.15) is 15.0 Å². The Morgan fingerprint density at radius 2 is 0.591 bits per heavy atom. The number of hydrogen-bond donors (Lipinski definition) is 0.